The van der Waals surface area contributed by atoms with Crippen molar-refractivity contribution in [3.63, 3.8) is 0 Å². The Labute approximate surface area is 489 Å². The maximum atomic E-state index is 12.9. The maximum absolute atomic E-state index is 12.9. The summed E-state index contributed by atoms with van der Waals surface area (Å²) in [4.78, 5) is 38.4. The standard InChI is InChI=1S/C73H124O6/c1-4-7-10-13-16-19-22-25-28-31-34-35-36-37-40-42-45-48-51-54-57-60-63-66-72(75)78-69-70(79-73(76)67-64-61-58-55-52-49-46-43-39-33-30-27-24-21-18-15-12-9-6-3)68-77-71(74)65-62-59-56-53-50-47-44-41-38-32-29-26-23-20-17-14-11-8-5-2/h9,12,17-18,20-21,26-27,29-30,38-39,41,43,49,52,58,61,70H,4-8,10-11,13-16,19,22-25,28,31-37,40,42,44-48,50-51,53-57,59-60,62-69H2,1-3H3/b12-9-,20-17-,21-18-,29-26-,30-27-,41-38-,43-39-,52-49-,61-58-. The van der Waals surface area contributed by atoms with Gasteiger partial charge in [0.05, 0.1) is 0 Å². The lowest BCUT2D eigenvalue weighted by molar-refractivity contribution is -0.166. The summed E-state index contributed by atoms with van der Waals surface area (Å²) < 4.78 is 16.9. The Kier molecular flexibility index (Phi) is 63.3. The van der Waals surface area contributed by atoms with Crippen molar-refractivity contribution in [3.05, 3.63) is 109 Å². The third kappa shape index (κ3) is 64.8. The molecule has 1 atom stereocenters. The molecule has 0 bridgehead atoms. The number of unbranched alkanes of at least 4 members (excludes halogenated alkanes) is 31. The van der Waals surface area contributed by atoms with E-state index in [9.17, 15) is 14.4 Å². The average molecular weight is 1100 g/mol. The van der Waals surface area contributed by atoms with Crippen LogP contribution in [0.4, 0.5) is 0 Å². The molecular formula is C73H124O6. The van der Waals surface area contributed by atoms with Crippen LogP contribution in [-0.4, -0.2) is 37.2 Å². The Bertz CT molecular complexity index is 1590. The molecule has 79 heavy (non-hydrogen) atoms. The molecule has 0 aromatic carbocycles. The quantitative estimate of drug-likeness (QED) is 0.0261. The Hall–Kier alpha value is -3.93. The van der Waals surface area contributed by atoms with Gasteiger partial charge in [-0.15, -0.1) is 0 Å². The number of rotatable bonds is 60. The molecule has 0 radical (unpaired) electrons. The number of carbonyl (C=O) groups is 3. The van der Waals surface area contributed by atoms with Gasteiger partial charge in [-0.1, -0.05) is 310 Å². The van der Waals surface area contributed by atoms with Gasteiger partial charge in [-0.05, 0) is 96.3 Å². The van der Waals surface area contributed by atoms with Crippen molar-refractivity contribution in [2.24, 2.45) is 0 Å². The summed E-state index contributed by atoms with van der Waals surface area (Å²) >= 11 is 0. The lowest BCUT2D eigenvalue weighted by Crippen LogP contribution is -2.30. The van der Waals surface area contributed by atoms with E-state index in [1.165, 1.54) is 167 Å². The fourth-order valence-electron chi connectivity index (χ4n) is 9.30. The molecule has 0 aliphatic rings. The molecule has 1 unspecified atom stereocenters. The van der Waals surface area contributed by atoms with Gasteiger partial charge in [0, 0.05) is 19.3 Å². The molecule has 0 saturated carbocycles. The molecule has 0 amide bonds. The molecule has 0 heterocycles. The molecule has 0 fully saturated rings. The molecule has 0 aliphatic heterocycles. The molecule has 6 heteroatoms. The molecule has 0 aliphatic carbocycles. The molecule has 452 valence electrons. The van der Waals surface area contributed by atoms with E-state index in [0.29, 0.717) is 19.3 Å². The van der Waals surface area contributed by atoms with Crippen LogP contribution in [0.3, 0.4) is 0 Å². The minimum absolute atomic E-state index is 0.111. The molecule has 0 rings (SSSR count). The van der Waals surface area contributed by atoms with Gasteiger partial charge in [0.1, 0.15) is 13.2 Å². The van der Waals surface area contributed by atoms with Gasteiger partial charge in [0.15, 0.2) is 6.10 Å². The van der Waals surface area contributed by atoms with E-state index in [2.05, 4.69) is 124 Å². The van der Waals surface area contributed by atoms with Gasteiger partial charge in [-0.2, -0.15) is 0 Å². The average Bonchev–Trinajstić information content (AvgIpc) is 3.45. The summed E-state index contributed by atoms with van der Waals surface area (Å²) in [6.07, 6.45) is 91.1. The van der Waals surface area contributed by atoms with Crippen LogP contribution in [0.25, 0.3) is 0 Å². The number of hydrogen-bond donors (Lipinski definition) is 0. The zero-order valence-electron chi connectivity index (χ0n) is 51.9. The van der Waals surface area contributed by atoms with Crippen LogP contribution < -0.4 is 0 Å². The van der Waals surface area contributed by atoms with E-state index in [1.54, 1.807) is 0 Å². The number of ether oxygens (including phenoxy) is 3. The largest absolute Gasteiger partial charge is 0.462 e. The summed E-state index contributed by atoms with van der Waals surface area (Å²) in [7, 11) is 0. The lowest BCUT2D eigenvalue weighted by Gasteiger charge is -2.18. The summed E-state index contributed by atoms with van der Waals surface area (Å²) in [6.45, 7) is 6.46. The Morgan fingerprint density at radius 3 is 0.848 bits per heavy atom. The van der Waals surface area contributed by atoms with Crippen LogP contribution in [-0.2, 0) is 28.6 Å². The highest BCUT2D eigenvalue weighted by Gasteiger charge is 2.19. The first-order valence-corrected chi connectivity index (χ1v) is 33.4. The molecule has 6 nitrogen and oxygen atoms in total. The first-order chi connectivity index (χ1) is 39.0. The second-order valence-electron chi connectivity index (χ2n) is 22.0. The fraction of sp³-hybridized carbons (Fsp3) is 0.712. The van der Waals surface area contributed by atoms with Crippen molar-refractivity contribution in [2.45, 2.75) is 322 Å². The second-order valence-corrected chi connectivity index (χ2v) is 22.0. The summed E-state index contributed by atoms with van der Waals surface area (Å²) in [5.41, 5.74) is 0. The van der Waals surface area contributed by atoms with E-state index in [0.717, 1.165) is 103 Å². The number of esters is 3. The molecule has 0 N–H and O–H groups in total. The van der Waals surface area contributed by atoms with Crippen LogP contribution in [0.15, 0.2) is 109 Å². The number of allylic oxidation sites excluding steroid dienone is 18. The van der Waals surface area contributed by atoms with E-state index in [1.807, 2.05) is 6.08 Å². The van der Waals surface area contributed by atoms with Gasteiger partial charge in [0.2, 0.25) is 0 Å². The first-order valence-electron chi connectivity index (χ1n) is 33.4. The molecular weight excluding hydrogens is 973 g/mol. The van der Waals surface area contributed by atoms with Crippen molar-refractivity contribution in [3.8, 4) is 0 Å². The Morgan fingerprint density at radius 1 is 0.266 bits per heavy atom. The SMILES string of the molecule is CC/C=C\C/C=C\C/C=C\C/C=C\C/C=C\C/C=C\CCC(=O)OC(COC(=O)CCCCCCCC/C=C\C/C=C\C/C=C\CCCCC)COC(=O)CCCCCCCCCCCCCCCCCCCCCCCCC. The minimum Gasteiger partial charge on any atom is -0.462 e. The lowest BCUT2D eigenvalue weighted by atomic mass is 10.0. The van der Waals surface area contributed by atoms with Crippen LogP contribution in [0, 0.1) is 0 Å². The first kappa shape index (κ1) is 75.1. The number of hydrogen-bond acceptors (Lipinski definition) is 6. The third-order valence-corrected chi connectivity index (χ3v) is 14.3. The highest BCUT2D eigenvalue weighted by atomic mass is 16.6. The van der Waals surface area contributed by atoms with Crippen LogP contribution in [0.2, 0.25) is 0 Å². The van der Waals surface area contributed by atoms with Crippen LogP contribution >= 0.6 is 0 Å². The second kappa shape index (κ2) is 66.6. The Morgan fingerprint density at radius 2 is 0.519 bits per heavy atom. The predicted molar refractivity (Wildman–Crippen MR) is 343 cm³/mol. The third-order valence-electron chi connectivity index (χ3n) is 14.3. The molecule has 0 aromatic heterocycles. The predicted octanol–water partition coefficient (Wildman–Crippen LogP) is 23.0. The summed E-state index contributed by atoms with van der Waals surface area (Å²) in [6, 6.07) is 0. The Balaban J connectivity index is 4.46. The van der Waals surface area contributed by atoms with Crippen molar-refractivity contribution in [2.75, 3.05) is 13.2 Å². The van der Waals surface area contributed by atoms with E-state index in [-0.39, 0.29) is 31.6 Å². The highest BCUT2D eigenvalue weighted by Crippen LogP contribution is 2.17. The van der Waals surface area contributed by atoms with Crippen molar-refractivity contribution in [1.82, 2.24) is 0 Å². The smallest absolute Gasteiger partial charge is 0.306 e. The van der Waals surface area contributed by atoms with Crippen LogP contribution in [0.1, 0.15) is 316 Å². The van der Waals surface area contributed by atoms with Gasteiger partial charge in [-0.3, -0.25) is 14.4 Å². The van der Waals surface area contributed by atoms with Gasteiger partial charge >= 0.3 is 17.9 Å². The highest BCUT2D eigenvalue weighted by molar-refractivity contribution is 5.71. The molecule has 0 spiro atoms. The zero-order valence-corrected chi connectivity index (χ0v) is 51.9. The summed E-state index contributed by atoms with van der Waals surface area (Å²) in [5, 5.41) is 0. The van der Waals surface area contributed by atoms with Crippen molar-refractivity contribution >= 4 is 17.9 Å². The molecule has 0 aromatic rings. The van der Waals surface area contributed by atoms with E-state index < -0.39 is 12.1 Å². The number of carbonyl (C=O) groups excluding carboxylic acids is 3. The minimum atomic E-state index is -0.827. The van der Waals surface area contributed by atoms with Crippen molar-refractivity contribution < 1.29 is 28.6 Å². The topological polar surface area (TPSA) is 78.9 Å². The summed E-state index contributed by atoms with van der Waals surface area (Å²) in [5.74, 6) is -0.998. The van der Waals surface area contributed by atoms with E-state index in [4.69, 9.17) is 14.2 Å². The fourth-order valence-corrected chi connectivity index (χ4v) is 9.30. The van der Waals surface area contributed by atoms with Gasteiger partial charge < -0.3 is 14.2 Å². The van der Waals surface area contributed by atoms with Gasteiger partial charge in [-0.25, -0.2) is 0 Å². The normalized spacial score (nSPS) is 12.8. The molecule has 0 saturated heterocycles. The van der Waals surface area contributed by atoms with Gasteiger partial charge in [0.25, 0.3) is 0 Å². The monoisotopic (exact) mass is 1100 g/mol. The zero-order chi connectivity index (χ0) is 57.1. The maximum Gasteiger partial charge on any atom is 0.306 e. The van der Waals surface area contributed by atoms with Crippen molar-refractivity contribution in [1.29, 1.82) is 0 Å². The van der Waals surface area contributed by atoms with Crippen LogP contribution in [0.5, 0.6) is 0 Å². The van der Waals surface area contributed by atoms with E-state index >= 15 is 0 Å².